The van der Waals surface area contributed by atoms with Gasteiger partial charge in [-0.15, -0.1) is 0 Å². The minimum atomic E-state index is -5.04. The van der Waals surface area contributed by atoms with Crippen molar-refractivity contribution in [3.05, 3.63) is 70.0 Å². The highest BCUT2D eigenvalue weighted by Gasteiger charge is 2.41. The molecule has 0 aromatic heterocycles. The van der Waals surface area contributed by atoms with Crippen LogP contribution in [0.1, 0.15) is 72.5 Å². The smallest absolute Gasteiger partial charge is 0.393 e. The Kier molecular flexibility index (Phi) is 9.34. The standard InChI is InChI=1S/C30H34F7N3O3/c1-17-12-23(31)4-5-25(17)26-15-19(27(42)39-9-7-24(41)8-10-39)6-11-40(26)28(43)38(3)18(2)20-13-21(29(32,33)34)16-22(14-20)30(35,36)37/h4-5,12-14,16,18-19,24,26,41H,6-11,15H2,1-3H3/t18-,19+,26-/m1/s1. The van der Waals surface area contributed by atoms with E-state index in [4.69, 9.17) is 0 Å². The highest BCUT2D eigenvalue weighted by Crippen LogP contribution is 2.41. The second-order valence-corrected chi connectivity index (χ2v) is 11.4. The molecule has 2 saturated heterocycles. The summed E-state index contributed by atoms with van der Waals surface area (Å²) < 4.78 is 94.9. The average Bonchev–Trinajstić information content (AvgIpc) is 2.94. The van der Waals surface area contributed by atoms with E-state index in [0.717, 1.165) is 4.90 Å². The van der Waals surface area contributed by atoms with Gasteiger partial charge in [0.1, 0.15) is 5.82 Å². The molecule has 4 rings (SSSR count). The van der Waals surface area contributed by atoms with Crippen molar-refractivity contribution in [2.45, 2.75) is 70.1 Å². The molecule has 236 valence electrons. The average molecular weight is 618 g/mol. The monoisotopic (exact) mass is 617 g/mol. The molecule has 2 fully saturated rings. The van der Waals surface area contributed by atoms with E-state index < -0.39 is 59.4 Å². The number of rotatable bonds is 4. The number of carbonyl (C=O) groups excluding carboxylic acids is 2. The lowest BCUT2D eigenvalue weighted by atomic mass is 9.84. The van der Waals surface area contributed by atoms with Gasteiger partial charge in [-0.3, -0.25) is 4.79 Å². The van der Waals surface area contributed by atoms with Gasteiger partial charge in [-0.25, -0.2) is 9.18 Å². The molecule has 2 aliphatic rings. The maximum Gasteiger partial charge on any atom is 0.416 e. The summed E-state index contributed by atoms with van der Waals surface area (Å²) in [5, 5.41) is 9.82. The zero-order valence-electron chi connectivity index (χ0n) is 24.0. The molecule has 0 bridgehead atoms. The summed E-state index contributed by atoms with van der Waals surface area (Å²) in [4.78, 5) is 31.5. The summed E-state index contributed by atoms with van der Waals surface area (Å²) in [6, 6.07) is 2.76. The van der Waals surface area contributed by atoms with E-state index in [0.29, 0.717) is 49.2 Å². The number of benzene rings is 2. The summed E-state index contributed by atoms with van der Waals surface area (Å²) >= 11 is 0. The zero-order chi connectivity index (χ0) is 31.9. The summed E-state index contributed by atoms with van der Waals surface area (Å²) in [6.45, 7) is 3.88. The van der Waals surface area contributed by atoms with Crippen molar-refractivity contribution < 1.29 is 45.4 Å². The molecular formula is C30H34F7N3O3. The fourth-order valence-electron chi connectivity index (χ4n) is 5.88. The first-order chi connectivity index (χ1) is 20.0. The molecule has 13 heteroatoms. The van der Waals surface area contributed by atoms with Gasteiger partial charge >= 0.3 is 18.4 Å². The Labute approximate surface area is 245 Å². The van der Waals surface area contributed by atoms with Crippen molar-refractivity contribution in [1.82, 2.24) is 14.7 Å². The Hall–Kier alpha value is -3.35. The van der Waals surface area contributed by atoms with Crippen molar-refractivity contribution in [3.8, 4) is 0 Å². The van der Waals surface area contributed by atoms with Crippen LogP contribution in [0, 0.1) is 18.7 Å². The molecule has 0 unspecified atom stereocenters. The Bertz CT molecular complexity index is 1310. The SMILES string of the molecule is Cc1cc(F)ccc1[C@H]1C[C@@H](C(=O)N2CCC(O)CC2)CCN1C(=O)N(C)[C@H](C)c1cc(C(F)(F)F)cc(C(F)(F)F)c1. The van der Waals surface area contributed by atoms with E-state index in [1.807, 2.05) is 0 Å². The van der Waals surface area contributed by atoms with Crippen LogP contribution in [0.4, 0.5) is 35.5 Å². The van der Waals surface area contributed by atoms with Gasteiger partial charge in [0.05, 0.1) is 29.3 Å². The Morgan fingerprint density at radius 3 is 2.05 bits per heavy atom. The van der Waals surface area contributed by atoms with Crippen molar-refractivity contribution in [2.75, 3.05) is 26.7 Å². The van der Waals surface area contributed by atoms with E-state index in [2.05, 4.69) is 0 Å². The van der Waals surface area contributed by atoms with E-state index in [-0.39, 0.29) is 36.9 Å². The quantitative estimate of drug-likeness (QED) is 0.388. The lowest BCUT2D eigenvalue weighted by molar-refractivity contribution is -0.143. The molecule has 0 radical (unpaired) electrons. The zero-order valence-corrected chi connectivity index (χ0v) is 24.0. The van der Waals surface area contributed by atoms with Crippen LogP contribution in [0.15, 0.2) is 36.4 Å². The maximum absolute atomic E-state index is 14.0. The van der Waals surface area contributed by atoms with Crippen molar-refractivity contribution in [2.24, 2.45) is 5.92 Å². The van der Waals surface area contributed by atoms with Crippen LogP contribution >= 0.6 is 0 Å². The number of halogens is 7. The summed E-state index contributed by atoms with van der Waals surface area (Å²) in [5.41, 5.74) is -2.19. The number of hydrogen-bond donors (Lipinski definition) is 1. The van der Waals surface area contributed by atoms with Crippen molar-refractivity contribution in [1.29, 1.82) is 0 Å². The second kappa shape index (κ2) is 12.3. The number of amides is 3. The van der Waals surface area contributed by atoms with Gasteiger partial charge in [-0.05, 0) is 86.6 Å². The molecule has 0 spiro atoms. The summed E-state index contributed by atoms with van der Waals surface area (Å²) in [6.07, 6.45) is -9.16. The molecule has 2 aliphatic heterocycles. The maximum atomic E-state index is 14.0. The predicted molar refractivity (Wildman–Crippen MR) is 143 cm³/mol. The highest BCUT2D eigenvalue weighted by atomic mass is 19.4. The fraction of sp³-hybridized carbons (Fsp3) is 0.533. The lowest BCUT2D eigenvalue weighted by Gasteiger charge is -2.44. The van der Waals surface area contributed by atoms with Gasteiger partial charge in [0.15, 0.2) is 0 Å². The number of urea groups is 1. The van der Waals surface area contributed by atoms with Gasteiger partial charge in [-0.1, -0.05) is 6.07 Å². The molecule has 1 N–H and O–H groups in total. The number of hydrogen-bond acceptors (Lipinski definition) is 3. The van der Waals surface area contributed by atoms with E-state index in [1.165, 1.54) is 37.1 Å². The first-order valence-electron chi connectivity index (χ1n) is 14.0. The highest BCUT2D eigenvalue weighted by molar-refractivity contribution is 5.80. The third-order valence-electron chi connectivity index (χ3n) is 8.54. The normalized spacial score (nSPS) is 21.1. The molecule has 2 aromatic rings. The van der Waals surface area contributed by atoms with Crippen LogP contribution < -0.4 is 0 Å². The predicted octanol–water partition coefficient (Wildman–Crippen LogP) is 6.72. The van der Waals surface area contributed by atoms with Crippen molar-refractivity contribution in [3.63, 3.8) is 0 Å². The molecule has 0 saturated carbocycles. The number of carbonyl (C=O) groups is 2. The van der Waals surface area contributed by atoms with Gasteiger partial charge in [0.2, 0.25) is 5.91 Å². The number of alkyl halides is 6. The Morgan fingerprint density at radius 2 is 1.51 bits per heavy atom. The largest absolute Gasteiger partial charge is 0.416 e. The first kappa shape index (κ1) is 32.6. The van der Waals surface area contributed by atoms with Crippen LogP contribution in [0.5, 0.6) is 0 Å². The minimum absolute atomic E-state index is 0.0379. The van der Waals surface area contributed by atoms with E-state index in [1.54, 1.807) is 11.8 Å². The molecular weight excluding hydrogens is 583 g/mol. The Morgan fingerprint density at radius 1 is 0.930 bits per heavy atom. The lowest BCUT2D eigenvalue weighted by Crippen LogP contribution is -2.51. The van der Waals surface area contributed by atoms with Gasteiger partial charge in [0, 0.05) is 32.6 Å². The van der Waals surface area contributed by atoms with Crippen LogP contribution in [-0.4, -0.2) is 64.5 Å². The molecule has 3 atom stereocenters. The van der Waals surface area contributed by atoms with Crippen LogP contribution in [0.2, 0.25) is 0 Å². The molecule has 0 aliphatic carbocycles. The van der Waals surface area contributed by atoms with Gasteiger partial charge in [0.25, 0.3) is 0 Å². The number of likely N-dealkylation sites (tertiary alicyclic amines) is 2. The molecule has 6 nitrogen and oxygen atoms in total. The van der Waals surface area contributed by atoms with Gasteiger partial charge in [-0.2, -0.15) is 26.3 Å². The first-order valence-corrected chi connectivity index (χ1v) is 14.0. The molecule has 2 aromatic carbocycles. The number of aryl methyl sites for hydroxylation is 1. The van der Waals surface area contributed by atoms with Gasteiger partial charge < -0.3 is 19.8 Å². The second-order valence-electron chi connectivity index (χ2n) is 11.4. The minimum Gasteiger partial charge on any atom is -0.393 e. The number of aliphatic hydroxyl groups excluding tert-OH is 1. The van der Waals surface area contributed by atoms with Crippen LogP contribution in [-0.2, 0) is 17.1 Å². The number of aliphatic hydroxyl groups is 1. The van der Waals surface area contributed by atoms with Crippen LogP contribution in [0.25, 0.3) is 0 Å². The molecule has 2 heterocycles. The van der Waals surface area contributed by atoms with E-state index >= 15 is 0 Å². The van der Waals surface area contributed by atoms with Crippen LogP contribution in [0.3, 0.4) is 0 Å². The number of piperidine rings is 2. The number of nitrogens with zero attached hydrogens (tertiary/aromatic N) is 3. The van der Waals surface area contributed by atoms with Crippen molar-refractivity contribution >= 4 is 11.9 Å². The Balaban J connectivity index is 1.63. The fourth-order valence-corrected chi connectivity index (χ4v) is 5.88. The summed E-state index contributed by atoms with van der Waals surface area (Å²) in [7, 11) is 1.30. The third kappa shape index (κ3) is 7.25. The molecule has 3 amide bonds. The van der Waals surface area contributed by atoms with E-state index in [9.17, 15) is 45.4 Å². The topological polar surface area (TPSA) is 64.1 Å². The molecule has 43 heavy (non-hydrogen) atoms. The summed E-state index contributed by atoms with van der Waals surface area (Å²) in [5.74, 6) is -1.09. The third-order valence-corrected chi connectivity index (χ3v) is 8.54.